The summed E-state index contributed by atoms with van der Waals surface area (Å²) < 4.78 is 10.5. The van der Waals surface area contributed by atoms with Crippen molar-refractivity contribution in [3.05, 3.63) is 39.3 Å². The first-order chi connectivity index (χ1) is 11.5. The molecule has 1 heterocycles. The number of carboxylic acids is 1. The summed E-state index contributed by atoms with van der Waals surface area (Å²) in [6.45, 7) is 1.83. The first kappa shape index (κ1) is 17.7. The minimum atomic E-state index is -1.28. The van der Waals surface area contributed by atoms with E-state index in [1.54, 1.807) is 26.2 Å². The fourth-order valence-corrected chi connectivity index (χ4v) is 3.10. The van der Waals surface area contributed by atoms with E-state index in [1.165, 1.54) is 7.11 Å². The summed E-state index contributed by atoms with van der Waals surface area (Å²) in [5, 5.41) is 14.1. The third-order valence-electron chi connectivity index (χ3n) is 3.30. The molecule has 1 aromatic carbocycles. The normalized spacial score (nSPS) is 10.3. The number of carbonyl (C=O) groups excluding carboxylic acids is 2. The van der Waals surface area contributed by atoms with E-state index < -0.39 is 5.97 Å². The SMILES string of the molecule is COc1cccc(CNC(=O)Cc2nc(C)c(C(=O)[O-])s2)c1OC. The van der Waals surface area contributed by atoms with Crippen LogP contribution >= 0.6 is 11.3 Å². The van der Waals surface area contributed by atoms with Gasteiger partial charge in [0, 0.05) is 12.1 Å². The predicted molar refractivity (Wildman–Crippen MR) is 86.3 cm³/mol. The first-order valence-corrected chi connectivity index (χ1v) is 7.92. The molecule has 0 spiro atoms. The Hall–Kier alpha value is -2.61. The third-order valence-corrected chi connectivity index (χ3v) is 4.44. The highest BCUT2D eigenvalue weighted by Gasteiger charge is 2.14. The van der Waals surface area contributed by atoms with Crippen LogP contribution in [0.1, 0.15) is 25.9 Å². The summed E-state index contributed by atoms with van der Waals surface area (Å²) in [4.78, 5) is 27.1. The maximum atomic E-state index is 12.1. The van der Waals surface area contributed by atoms with Gasteiger partial charge in [-0.3, -0.25) is 4.79 Å². The number of para-hydroxylation sites is 1. The number of amides is 1. The molecule has 1 amide bonds. The van der Waals surface area contributed by atoms with Crippen molar-refractivity contribution in [3.63, 3.8) is 0 Å². The van der Waals surface area contributed by atoms with Gasteiger partial charge in [-0.15, -0.1) is 11.3 Å². The Morgan fingerprint density at radius 2 is 2.04 bits per heavy atom. The van der Waals surface area contributed by atoms with Crippen LogP contribution in [0.5, 0.6) is 11.5 Å². The maximum Gasteiger partial charge on any atom is 0.227 e. The Labute approximate surface area is 143 Å². The number of aromatic nitrogens is 1. The highest BCUT2D eigenvalue weighted by Crippen LogP contribution is 2.30. The zero-order valence-electron chi connectivity index (χ0n) is 13.5. The van der Waals surface area contributed by atoms with Crippen LogP contribution in [0.25, 0.3) is 0 Å². The zero-order valence-corrected chi connectivity index (χ0v) is 14.4. The molecule has 0 radical (unpaired) electrons. The summed E-state index contributed by atoms with van der Waals surface area (Å²) in [5.41, 5.74) is 1.13. The van der Waals surface area contributed by atoms with E-state index in [0.29, 0.717) is 22.2 Å². The molecule has 0 aliphatic heterocycles. The van der Waals surface area contributed by atoms with E-state index in [-0.39, 0.29) is 23.7 Å². The molecule has 0 saturated heterocycles. The molecule has 1 N–H and O–H groups in total. The van der Waals surface area contributed by atoms with Crippen LogP contribution in [0, 0.1) is 6.92 Å². The highest BCUT2D eigenvalue weighted by molar-refractivity contribution is 7.13. The Morgan fingerprint density at radius 3 is 2.62 bits per heavy atom. The van der Waals surface area contributed by atoms with Gasteiger partial charge < -0.3 is 24.7 Å². The predicted octanol–water partition coefficient (Wildman–Crippen LogP) is 0.691. The lowest BCUT2D eigenvalue weighted by Crippen LogP contribution is -2.24. The average molecular weight is 349 g/mol. The van der Waals surface area contributed by atoms with Crippen LogP contribution in [-0.2, 0) is 17.8 Å². The molecule has 7 nitrogen and oxygen atoms in total. The number of rotatable bonds is 7. The standard InChI is InChI=1S/C16H18N2O5S/c1-9-15(16(20)21)24-13(18-9)7-12(19)17-8-10-5-4-6-11(22-2)14(10)23-3/h4-6H,7-8H2,1-3H3,(H,17,19)(H,20,21)/p-1. The van der Waals surface area contributed by atoms with Gasteiger partial charge in [-0.25, -0.2) is 4.98 Å². The van der Waals surface area contributed by atoms with Gasteiger partial charge in [0.15, 0.2) is 11.5 Å². The highest BCUT2D eigenvalue weighted by atomic mass is 32.1. The Balaban J connectivity index is 2.01. The largest absolute Gasteiger partial charge is 0.544 e. The van der Waals surface area contributed by atoms with E-state index >= 15 is 0 Å². The van der Waals surface area contributed by atoms with Crippen LogP contribution in [0.4, 0.5) is 0 Å². The number of hydrogen-bond acceptors (Lipinski definition) is 7. The van der Waals surface area contributed by atoms with E-state index in [2.05, 4.69) is 10.3 Å². The van der Waals surface area contributed by atoms with Gasteiger partial charge >= 0.3 is 0 Å². The fraction of sp³-hybridized carbons (Fsp3) is 0.312. The molecule has 0 atom stereocenters. The quantitative estimate of drug-likeness (QED) is 0.789. The number of methoxy groups -OCH3 is 2. The molecule has 0 aliphatic rings. The molecule has 0 saturated carbocycles. The molecule has 0 bridgehead atoms. The van der Waals surface area contributed by atoms with Crippen molar-refractivity contribution in [1.82, 2.24) is 10.3 Å². The van der Waals surface area contributed by atoms with Crippen LogP contribution < -0.4 is 19.9 Å². The molecule has 2 aromatic rings. The number of thiazole rings is 1. The van der Waals surface area contributed by atoms with Crippen LogP contribution in [0.3, 0.4) is 0 Å². The average Bonchev–Trinajstić information content (AvgIpc) is 2.92. The number of aromatic carboxylic acids is 1. The summed E-state index contributed by atoms with van der Waals surface area (Å²) in [6.07, 6.45) is 0.00503. The number of benzene rings is 1. The number of carbonyl (C=O) groups is 2. The molecular formula is C16H17N2O5S-. The van der Waals surface area contributed by atoms with Crippen molar-refractivity contribution < 1.29 is 24.2 Å². The number of hydrogen-bond donors (Lipinski definition) is 1. The number of ether oxygens (including phenoxy) is 2. The smallest absolute Gasteiger partial charge is 0.227 e. The van der Waals surface area contributed by atoms with Crippen LogP contribution in [0.2, 0.25) is 0 Å². The minimum absolute atomic E-state index is 0.00503. The van der Waals surface area contributed by atoms with Gasteiger partial charge in [0.25, 0.3) is 0 Å². The molecule has 0 fully saturated rings. The zero-order chi connectivity index (χ0) is 17.7. The van der Waals surface area contributed by atoms with E-state index in [4.69, 9.17) is 9.47 Å². The molecule has 128 valence electrons. The third kappa shape index (κ3) is 4.02. The number of carboxylic acid groups (broad SMARTS) is 1. The van der Waals surface area contributed by atoms with E-state index in [9.17, 15) is 14.7 Å². The minimum Gasteiger partial charge on any atom is -0.544 e. The molecule has 1 aromatic heterocycles. The van der Waals surface area contributed by atoms with E-state index in [0.717, 1.165) is 16.9 Å². The van der Waals surface area contributed by atoms with Gasteiger partial charge in [-0.1, -0.05) is 12.1 Å². The van der Waals surface area contributed by atoms with Crippen LogP contribution in [0.15, 0.2) is 18.2 Å². The monoisotopic (exact) mass is 349 g/mol. The summed E-state index contributed by atoms with van der Waals surface area (Å²) in [6, 6.07) is 5.40. The Bertz CT molecular complexity index is 757. The summed E-state index contributed by atoms with van der Waals surface area (Å²) in [5.74, 6) is -0.403. The molecular weight excluding hydrogens is 332 g/mol. The second kappa shape index (κ2) is 7.78. The van der Waals surface area contributed by atoms with Gasteiger partial charge in [0.05, 0.1) is 37.2 Å². The fourth-order valence-electron chi connectivity index (χ4n) is 2.20. The van der Waals surface area contributed by atoms with Gasteiger partial charge in [-0.2, -0.15) is 0 Å². The summed E-state index contributed by atoms with van der Waals surface area (Å²) >= 11 is 0.953. The lowest BCUT2D eigenvalue weighted by molar-refractivity contribution is -0.254. The second-order valence-electron chi connectivity index (χ2n) is 4.92. The van der Waals surface area contributed by atoms with Gasteiger partial charge in [0.1, 0.15) is 5.01 Å². The molecule has 24 heavy (non-hydrogen) atoms. The topological polar surface area (TPSA) is 101 Å². The Kier molecular flexibility index (Phi) is 5.75. The molecule has 2 rings (SSSR count). The summed E-state index contributed by atoms with van der Waals surface area (Å²) in [7, 11) is 3.07. The van der Waals surface area contributed by atoms with Gasteiger partial charge in [0.2, 0.25) is 5.91 Å². The first-order valence-electron chi connectivity index (χ1n) is 7.10. The van der Waals surface area contributed by atoms with Crippen LogP contribution in [-0.4, -0.2) is 31.1 Å². The lowest BCUT2D eigenvalue weighted by Gasteiger charge is -2.12. The number of nitrogens with one attached hydrogen (secondary N) is 1. The molecule has 0 aliphatic carbocycles. The number of aryl methyl sites for hydroxylation is 1. The maximum absolute atomic E-state index is 12.1. The van der Waals surface area contributed by atoms with Gasteiger partial charge in [-0.05, 0) is 13.0 Å². The second-order valence-corrected chi connectivity index (χ2v) is 6.00. The van der Waals surface area contributed by atoms with Crippen molar-refractivity contribution in [3.8, 4) is 11.5 Å². The van der Waals surface area contributed by atoms with Crippen molar-refractivity contribution in [1.29, 1.82) is 0 Å². The molecule has 8 heteroatoms. The number of nitrogens with zero attached hydrogens (tertiary/aromatic N) is 1. The lowest BCUT2D eigenvalue weighted by atomic mass is 10.2. The van der Waals surface area contributed by atoms with Crippen molar-refractivity contribution in [2.45, 2.75) is 19.9 Å². The van der Waals surface area contributed by atoms with Crippen molar-refractivity contribution in [2.75, 3.05) is 14.2 Å². The van der Waals surface area contributed by atoms with E-state index in [1.807, 2.05) is 6.07 Å². The molecule has 0 unspecified atom stereocenters. The Morgan fingerprint density at radius 1 is 1.29 bits per heavy atom. The van der Waals surface area contributed by atoms with Crippen molar-refractivity contribution in [2.24, 2.45) is 0 Å². The van der Waals surface area contributed by atoms with Crippen molar-refractivity contribution >= 4 is 23.2 Å².